The molecule has 118 valence electrons. The van der Waals surface area contributed by atoms with Crippen LogP contribution in [0, 0.1) is 10.1 Å². The van der Waals surface area contributed by atoms with Gasteiger partial charge in [-0.25, -0.2) is 0 Å². The SMILES string of the molecule is CCCNCc1ccc(OCCOCCC)c([N+](=O)[O-])c1. The van der Waals surface area contributed by atoms with Crippen molar-refractivity contribution in [2.24, 2.45) is 0 Å². The Kier molecular flexibility index (Phi) is 8.38. The van der Waals surface area contributed by atoms with E-state index < -0.39 is 4.92 Å². The number of ether oxygens (including phenoxy) is 2. The molecule has 1 aromatic carbocycles. The molecule has 0 saturated carbocycles. The van der Waals surface area contributed by atoms with Gasteiger partial charge in [0, 0.05) is 19.2 Å². The highest BCUT2D eigenvalue weighted by molar-refractivity contribution is 5.48. The lowest BCUT2D eigenvalue weighted by atomic mass is 10.2. The molecular weight excluding hydrogens is 272 g/mol. The maximum absolute atomic E-state index is 11.1. The second-order valence-electron chi connectivity index (χ2n) is 4.70. The average Bonchev–Trinajstić information content (AvgIpc) is 2.48. The number of nitrogens with one attached hydrogen (secondary N) is 1. The first-order valence-corrected chi connectivity index (χ1v) is 7.37. The molecule has 0 atom stereocenters. The molecule has 0 heterocycles. The highest BCUT2D eigenvalue weighted by Crippen LogP contribution is 2.27. The molecule has 1 rings (SSSR count). The summed E-state index contributed by atoms with van der Waals surface area (Å²) < 4.78 is 10.7. The largest absolute Gasteiger partial charge is 0.484 e. The van der Waals surface area contributed by atoms with E-state index in [4.69, 9.17) is 9.47 Å². The van der Waals surface area contributed by atoms with E-state index in [9.17, 15) is 10.1 Å². The summed E-state index contributed by atoms with van der Waals surface area (Å²) in [6, 6.07) is 5.06. The van der Waals surface area contributed by atoms with Crippen LogP contribution in [0.15, 0.2) is 18.2 Å². The summed E-state index contributed by atoms with van der Waals surface area (Å²) in [6.45, 7) is 7.03. The number of nitro benzene ring substituents is 1. The summed E-state index contributed by atoms with van der Waals surface area (Å²) >= 11 is 0. The molecule has 6 heteroatoms. The van der Waals surface area contributed by atoms with Gasteiger partial charge in [-0.2, -0.15) is 0 Å². The van der Waals surface area contributed by atoms with Crippen LogP contribution in [0.25, 0.3) is 0 Å². The second-order valence-corrected chi connectivity index (χ2v) is 4.70. The van der Waals surface area contributed by atoms with E-state index in [1.54, 1.807) is 12.1 Å². The first kappa shape index (κ1) is 17.4. The molecule has 0 bridgehead atoms. The molecule has 0 aromatic heterocycles. The fourth-order valence-electron chi connectivity index (χ4n) is 1.80. The minimum Gasteiger partial charge on any atom is -0.484 e. The molecule has 0 spiro atoms. The first-order valence-electron chi connectivity index (χ1n) is 7.37. The predicted octanol–water partition coefficient (Wildman–Crippen LogP) is 2.90. The highest BCUT2D eigenvalue weighted by atomic mass is 16.6. The number of nitrogens with zero attached hydrogens (tertiary/aromatic N) is 1. The summed E-state index contributed by atoms with van der Waals surface area (Å²) in [5, 5.41) is 14.3. The normalized spacial score (nSPS) is 10.6. The van der Waals surface area contributed by atoms with Crippen molar-refractivity contribution >= 4 is 5.69 Å². The van der Waals surface area contributed by atoms with Crippen molar-refractivity contribution in [3.05, 3.63) is 33.9 Å². The standard InChI is InChI=1S/C15H24N2O4/c1-3-7-16-12-13-5-6-15(14(11-13)17(18)19)21-10-9-20-8-4-2/h5-6,11,16H,3-4,7-10,12H2,1-2H3. The zero-order chi connectivity index (χ0) is 15.5. The lowest BCUT2D eigenvalue weighted by Crippen LogP contribution is -2.14. The van der Waals surface area contributed by atoms with E-state index in [-0.39, 0.29) is 5.69 Å². The Morgan fingerprint density at radius 3 is 2.67 bits per heavy atom. The molecule has 0 aliphatic rings. The summed E-state index contributed by atoms with van der Waals surface area (Å²) in [7, 11) is 0. The van der Waals surface area contributed by atoms with Crippen LogP contribution in [0.1, 0.15) is 32.3 Å². The lowest BCUT2D eigenvalue weighted by molar-refractivity contribution is -0.386. The van der Waals surface area contributed by atoms with Crippen LogP contribution in [0.3, 0.4) is 0 Å². The molecule has 1 aromatic rings. The van der Waals surface area contributed by atoms with Gasteiger partial charge in [-0.1, -0.05) is 19.9 Å². The van der Waals surface area contributed by atoms with Gasteiger partial charge in [-0.3, -0.25) is 10.1 Å². The number of hydrogen-bond acceptors (Lipinski definition) is 5. The molecule has 0 saturated heterocycles. The number of benzene rings is 1. The van der Waals surface area contributed by atoms with Gasteiger partial charge in [0.1, 0.15) is 6.61 Å². The van der Waals surface area contributed by atoms with E-state index in [0.717, 1.165) is 24.9 Å². The van der Waals surface area contributed by atoms with E-state index in [0.29, 0.717) is 32.1 Å². The van der Waals surface area contributed by atoms with Crippen molar-refractivity contribution in [3.63, 3.8) is 0 Å². The van der Waals surface area contributed by atoms with Crippen molar-refractivity contribution in [1.29, 1.82) is 0 Å². The average molecular weight is 296 g/mol. The smallest absolute Gasteiger partial charge is 0.311 e. The van der Waals surface area contributed by atoms with Crippen LogP contribution in [0.4, 0.5) is 5.69 Å². The summed E-state index contributed by atoms with van der Waals surface area (Å²) in [5.41, 5.74) is 0.881. The van der Waals surface area contributed by atoms with Crippen LogP contribution in [0.5, 0.6) is 5.75 Å². The van der Waals surface area contributed by atoms with E-state index in [1.807, 2.05) is 13.0 Å². The highest BCUT2D eigenvalue weighted by Gasteiger charge is 2.15. The Bertz CT molecular complexity index is 438. The van der Waals surface area contributed by atoms with E-state index in [2.05, 4.69) is 12.2 Å². The second kappa shape index (κ2) is 10.1. The molecule has 0 radical (unpaired) electrons. The molecule has 0 fully saturated rings. The quantitative estimate of drug-likeness (QED) is 0.386. The maximum atomic E-state index is 11.1. The molecule has 0 amide bonds. The Balaban J connectivity index is 2.59. The molecule has 6 nitrogen and oxygen atoms in total. The van der Waals surface area contributed by atoms with Gasteiger partial charge >= 0.3 is 5.69 Å². The zero-order valence-corrected chi connectivity index (χ0v) is 12.8. The summed E-state index contributed by atoms with van der Waals surface area (Å²) in [4.78, 5) is 10.7. The molecule has 0 unspecified atom stereocenters. The Morgan fingerprint density at radius 2 is 2.00 bits per heavy atom. The Morgan fingerprint density at radius 1 is 1.19 bits per heavy atom. The zero-order valence-electron chi connectivity index (χ0n) is 12.8. The van der Waals surface area contributed by atoms with Crippen molar-refractivity contribution in [3.8, 4) is 5.75 Å². The summed E-state index contributed by atoms with van der Waals surface area (Å²) in [5.74, 6) is 0.291. The van der Waals surface area contributed by atoms with Gasteiger partial charge in [0.15, 0.2) is 5.75 Å². The fraction of sp³-hybridized carbons (Fsp3) is 0.600. The fourth-order valence-corrected chi connectivity index (χ4v) is 1.80. The van der Waals surface area contributed by atoms with Crippen molar-refractivity contribution in [2.75, 3.05) is 26.4 Å². The van der Waals surface area contributed by atoms with E-state index in [1.165, 1.54) is 0 Å². The number of rotatable bonds is 11. The van der Waals surface area contributed by atoms with Gasteiger partial charge in [-0.15, -0.1) is 0 Å². The lowest BCUT2D eigenvalue weighted by Gasteiger charge is -2.09. The number of nitro groups is 1. The topological polar surface area (TPSA) is 73.6 Å². The number of hydrogen-bond donors (Lipinski definition) is 1. The Labute approximate surface area is 125 Å². The predicted molar refractivity (Wildman–Crippen MR) is 81.7 cm³/mol. The van der Waals surface area contributed by atoms with E-state index >= 15 is 0 Å². The Hall–Kier alpha value is -1.66. The van der Waals surface area contributed by atoms with Crippen molar-refractivity contribution < 1.29 is 14.4 Å². The van der Waals surface area contributed by atoms with Crippen LogP contribution in [-0.2, 0) is 11.3 Å². The molecule has 0 aliphatic heterocycles. The van der Waals surface area contributed by atoms with Gasteiger partial charge in [0.2, 0.25) is 0 Å². The third-order valence-electron chi connectivity index (χ3n) is 2.81. The van der Waals surface area contributed by atoms with Crippen molar-refractivity contribution in [1.82, 2.24) is 5.32 Å². The molecule has 21 heavy (non-hydrogen) atoms. The minimum absolute atomic E-state index is 0.00119. The monoisotopic (exact) mass is 296 g/mol. The third kappa shape index (κ3) is 6.55. The molecule has 0 aliphatic carbocycles. The third-order valence-corrected chi connectivity index (χ3v) is 2.81. The molecule has 1 N–H and O–H groups in total. The minimum atomic E-state index is -0.411. The maximum Gasteiger partial charge on any atom is 0.311 e. The van der Waals surface area contributed by atoms with Crippen LogP contribution >= 0.6 is 0 Å². The van der Waals surface area contributed by atoms with Gasteiger partial charge in [-0.05, 0) is 31.0 Å². The molecular formula is C15H24N2O4. The van der Waals surface area contributed by atoms with Crippen LogP contribution < -0.4 is 10.1 Å². The van der Waals surface area contributed by atoms with Gasteiger partial charge in [0.25, 0.3) is 0 Å². The van der Waals surface area contributed by atoms with Crippen LogP contribution in [-0.4, -0.2) is 31.3 Å². The van der Waals surface area contributed by atoms with Gasteiger partial charge in [0.05, 0.1) is 11.5 Å². The van der Waals surface area contributed by atoms with Crippen LogP contribution in [0.2, 0.25) is 0 Å². The van der Waals surface area contributed by atoms with Gasteiger partial charge < -0.3 is 14.8 Å². The van der Waals surface area contributed by atoms with Crippen molar-refractivity contribution in [2.45, 2.75) is 33.2 Å². The first-order chi connectivity index (χ1) is 10.2. The summed E-state index contributed by atoms with van der Waals surface area (Å²) in [6.07, 6.45) is 1.97.